The van der Waals surface area contributed by atoms with Crippen molar-refractivity contribution in [3.8, 4) is 5.75 Å². The number of phosphoric ester groups is 1. The summed E-state index contributed by atoms with van der Waals surface area (Å²) in [6.45, 7) is 2.40. The van der Waals surface area contributed by atoms with Crippen molar-refractivity contribution in [2.75, 3.05) is 0 Å². The van der Waals surface area contributed by atoms with Crippen molar-refractivity contribution < 1.29 is 33.4 Å². The summed E-state index contributed by atoms with van der Waals surface area (Å²) in [6.07, 6.45) is 3.77. The molecule has 0 saturated carbocycles. The molecule has 0 unspecified atom stereocenters. The monoisotopic (exact) mass is 371 g/mol. The average Bonchev–Trinajstić information content (AvgIpc) is 2.87. The Bertz CT molecular complexity index is 886. The summed E-state index contributed by atoms with van der Waals surface area (Å²) in [7, 11) is -4.72. The van der Waals surface area contributed by atoms with Gasteiger partial charge in [0.15, 0.2) is 5.69 Å². The maximum Gasteiger partial charge on any atom is 0.469 e. The van der Waals surface area contributed by atoms with E-state index >= 15 is 0 Å². The van der Waals surface area contributed by atoms with Gasteiger partial charge in [-0.05, 0) is 26.0 Å². The molecule has 0 atom stereocenters. The van der Waals surface area contributed by atoms with Crippen molar-refractivity contribution in [1.29, 1.82) is 0 Å². The van der Waals surface area contributed by atoms with Gasteiger partial charge >= 0.3 is 13.5 Å². The van der Waals surface area contributed by atoms with Crippen LogP contribution in [0, 0.1) is 24.0 Å². The molecule has 0 radical (unpaired) electrons. The lowest BCUT2D eigenvalue weighted by molar-refractivity contribution is -0.386. The van der Waals surface area contributed by atoms with Crippen LogP contribution >= 0.6 is 7.82 Å². The minimum absolute atomic E-state index is 0.0878. The number of phosphoric acid groups is 1. The van der Waals surface area contributed by atoms with Crippen molar-refractivity contribution in [2.24, 2.45) is 0 Å². The van der Waals surface area contributed by atoms with E-state index in [1.54, 1.807) is 0 Å². The van der Waals surface area contributed by atoms with Gasteiger partial charge in [-0.25, -0.2) is 4.57 Å². The molecule has 0 amide bonds. The highest BCUT2D eigenvalue weighted by Gasteiger charge is 2.22. The first-order chi connectivity index (χ1) is 11.6. The molecule has 25 heavy (non-hydrogen) atoms. The highest BCUT2D eigenvalue weighted by molar-refractivity contribution is 7.46. The summed E-state index contributed by atoms with van der Waals surface area (Å²) >= 11 is 0. The Kier molecular flexibility index (Phi) is 5.33. The molecule has 0 aromatic carbocycles. The molecular weight excluding hydrogens is 357 g/mol. The predicted molar refractivity (Wildman–Crippen MR) is 84.3 cm³/mol. The third-order valence-corrected chi connectivity index (χ3v) is 3.65. The van der Waals surface area contributed by atoms with Gasteiger partial charge in [-0.1, -0.05) is 5.16 Å². The first-order valence-electron chi connectivity index (χ1n) is 6.76. The Morgan fingerprint density at radius 1 is 1.36 bits per heavy atom. The first-order valence-corrected chi connectivity index (χ1v) is 8.29. The molecule has 2 aromatic rings. The number of hydrogen-bond donors (Lipinski definition) is 3. The maximum atomic E-state index is 11.0. The van der Waals surface area contributed by atoms with Crippen LogP contribution in [0.3, 0.4) is 0 Å². The van der Waals surface area contributed by atoms with E-state index in [4.69, 9.17) is 14.3 Å². The zero-order chi connectivity index (χ0) is 18.8. The van der Waals surface area contributed by atoms with Gasteiger partial charge in [0.25, 0.3) is 0 Å². The number of aromatic nitrogens is 2. The summed E-state index contributed by atoms with van der Waals surface area (Å²) in [6, 6.07) is 0. The van der Waals surface area contributed by atoms with E-state index in [1.807, 2.05) is 0 Å². The van der Waals surface area contributed by atoms with Gasteiger partial charge in [0.1, 0.15) is 5.75 Å². The maximum absolute atomic E-state index is 11.0. The average molecular weight is 371 g/mol. The third-order valence-electron chi connectivity index (χ3n) is 3.19. The highest BCUT2D eigenvalue weighted by atomic mass is 31.2. The Balaban J connectivity index is 2.43. The van der Waals surface area contributed by atoms with E-state index in [0.29, 0.717) is 0 Å². The molecule has 0 aliphatic carbocycles. The fourth-order valence-corrected chi connectivity index (χ4v) is 2.29. The molecule has 3 N–H and O–H groups in total. The predicted octanol–water partition coefficient (Wildman–Crippen LogP) is 2.08. The normalized spacial score (nSPS) is 12.0. The summed E-state index contributed by atoms with van der Waals surface area (Å²) in [5.74, 6) is -0.403. The minimum atomic E-state index is -4.72. The fraction of sp³-hybridized carbons (Fsp3) is 0.231. The molecule has 2 heterocycles. The number of hydrogen-bond acceptors (Lipinski definition) is 8. The van der Waals surface area contributed by atoms with Crippen LogP contribution in [-0.2, 0) is 15.7 Å². The lowest BCUT2D eigenvalue weighted by Crippen LogP contribution is -1.97. The smallest absolute Gasteiger partial charge is 0.469 e. The summed E-state index contributed by atoms with van der Waals surface area (Å²) < 4.78 is 20.1. The first kappa shape index (κ1) is 18.7. The molecule has 2 aromatic heterocycles. The second-order valence-corrected chi connectivity index (χ2v) is 6.21. The molecule has 0 fully saturated rings. The van der Waals surface area contributed by atoms with Gasteiger partial charge in [0.05, 0.1) is 17.2 Å². The quantitative estimate of drug-likeness (QED) is 0.388. The van der Waals surface area contributed by atoms with Crippen LogP contribution in [0.25, 0.3) is 12.2 Å². The van der Waals surface area contributed by atoms with Gasteiger partial charge in [-0.2, -0.15) is 0 Å². The number of nitrogens with zero attached hydrogens (tertiary/aromatic N) is 3. The molecule has 0 saturated heterocycles. The summed E-state index contributed by atoms with van der Waals surface area (Å²) in [4.78, 5) is 31.8. The van der Waals surface area contributed by atoms with Gasteiger partial charge in [0.2, 0.25) is 5.76 Å². The van der Waals surface area contributed by atoms with Gasteiger partial charge in [-0.15, -0.1) is 0 Å². The molecule has 12 heteroatoms. The summed E-state index contributed by atoms with van der Waals surface area (Å²) in [5, 5.41) is 24.7. The van der Waals surface area contributed by atoms with Crippen molar-refractivity contribution in [1.82, 2.24) is 10.1 Å². The van der Waals surface area contributed by atoms with Gasteiger partial charge in [0, 0.05) is 17.3 Å². The number of aryl methyl sites for hydroxylation is 2. The number of rotatable bonds is 6. The third kappa shape index (κ3) is 4.48. The van der Waals surface area contributed by atoms with Crippen LogP contribution in [0.2, 0.25) is 0 Å². The van der Waals surface area contributed by atoms with E-state index in [-0.39, 0.29) is 39.7 Å². The van der Waals surface area contributed by atoms with Crippen molar-refractivity contribution in [2.45, 2.75) is 20.5 Å². The van der Waals surface area contributed by atoms with E-state index in [1.165, 1.54) is 32.2 Å². The Morgan fingerprint density at radius 3 is 2.64 bits per heavy atom. The topological polar surface area (TPSA) is 169 Å². The van der Waals surface area contributed by atoms with Gasteiger partial charge < -0.3 is 19.4 Å². The standard InChI is InChI=1S/C13H14N3O8P/c1-7-12(16(18)19)11(24-15-7)4-3-10-9(6-23-25(20,21)22)5-14-8(2)13(10)17/h3-5,17H,6H2,1-2H3,(H2,20,21,22)/b4-3+. The Hall–Kier alpha value is -2.59. The lowest BCUT2D eigenvalue weighted by Gasteiger charge is -2.10. The number of pyridine rings is 1. The largest absolute Gasteiger partial charge is 0.505 e. The van der Waals surface area contributed by atoms with Crippen LogP contribution in [0.4, 0.5) is 5.69 Å². The fourth-order valence-electron chi connectivity index (χ4n) is 1.98. The molecule has 134 valence electrons. The lowest BCUT2D eigenvalue weighted by atomic mass is 10.1. The van der Waals surface area contributed by atoms with Gasteiger partial charge in [-0.3, -0.25) is 19.6 Å². The van der Waals surface area contributed by atoms with Crippen LogP contribution in [0.5, 0.6) is 5.75 Å². The zero-order valence-electron chi connectivity index (χ0n) is 13.1. The molecule has 11 nitrogen and oxygen atoms in total. The van der Waals surface area contributed by atoms with Crippen LogP contribution in [0.15, 0.2) is 10.7 Å². The Morgan fingerprint density at radius 2 is 2.04 bits per heavy atom. The van der Waals surface area contributed by atoms with Crippen molar-refractivity contribution in [3.05, 3.63) is 44.6 Å². The Labute approximate surface area is 141 Å². The van der Waals surface area contributed by atoms with E-state index < -0.39 is 19.4 Å². The molecule has 0 aliphatic rings. The molecule has 2 rings (SSSR count). The molecular formula is C13H14N3O8P. The highest BCUT2D eigenvalue weighted by Crippen LogP contribution is 2.38. The van der Waals surface area contributed by atoms with E-state index in [9.17, 15) is 19.8 Å². The second kappa shape index (κ2) is 7.11. The van der Waals surface area contributed by atoms with Crippen molar-refractivity contribution in [3.63, 3.8) is 0 Å². The molecule has 0 spiro atoms. The molecule has 0 aliphatic heterocycles. The van der Waals surface area contributed by atoms with E-state index in [2.05, 4.69) is 14.7 Å². The number of nitro groups is 1. The van der Waals surface area contributed by atoms with E-state index in [0.717, 1.165) is 0 Å². The summed E-state index contributed by atoms with van der Waals surface area (Å²) in [5.41, 5.74) is 0.313. The van der Waals surface area contributed by atoms with Crippen LogP contribution < -0.4 is 0 Å². The molecule has 0 bridgehead atoms. The SMILES string of the molecule is Cc1ncc(COP(=O)(O)O)c(/C=C/c2onc(C)c2[N+](=O)[O-])c1O. The van der Waals surface area contributed by atoms with Crippen molar-refractivity contribution >= 4 is 25.7 Å². The second-order valence-electron chi connectivity index (χ2n) is 4.97. The zero-order valence-corrected chi connectivity index (χ0v) is 14.0. The minimum Gasteiger partial charge on any atom is -0.505 e. The number of aromatic hydroxyl groups is 1. The van der Waals surface area contributed by atoms with Crippen LogP contribution in [-0.4, -0.2) is 30.0 Å². The van der Waals surface area contributed by atoms with Crippen LogP contribution in [0.1, 0.15) is 28.3 Å².